The first-order chi connectivity index (χ1) is 10.9. The summed E-state index contributed by atoms with van der Waals surface area (Å²) in [7, 11) is 1.64. The zero-order valence-corrected chi connectivity index (χ0v) is 14.3. The topological polar surface area (TPSA) is 70.6 Å². The highest BCUT2D eigenvalue weighted by atomic mass is 32.1. The van der Waals surface area contributed by atoms with Crippen LogP contribution in [0.15, 0.2) is 41.8 Å². The van der Waals surface area contributed by atoms with Gasteiger partial charge in [-0.1, -0.05) is 18.2 Å². The lowest BCUT2D eigenvalue weighted by atomic mass is 10.1. The van der Waals surface area contributed by atoms with Gasteiger partial charge in [-0.25, -0.2) is 4.79 Å². The molecule has 0 saturated carbocycles. The molecule has 1 heterocycles. The molecule has 3 N–H and O–H groups in total. The van der Waals surface area contributed by atoms with E-state index in [4.69, 9.17) is 4.74 Å². The molecular weight excluding hydrogens is 312 g/mol. The number of benzene rings is 1. The van der Waals surface area contributed by atoms with Crippen molar-refractivity contribution in [1.82, 2.24) is 5.32 Å². The summed E-state index contributed by atoms with van der Waals surface area (Å²) in [5.74, 6) is 0. The van der Waals surface area contributed by atoms with Crippen molar-refractivity contribution in [3.63, 3.8) is 0 Å². The number of urea groups is 1. The van der Waals surface area contributed by atoms with E-state index in [1.807, 2.05) is 48.7 Å². The van der Waals surface area contributed by atoms with Gasteiger partial charge in [-0.15, -0.1) is 11.3 Å². The van der Waals surface area contributed by atoms with E-state index in [1.165, 1.54) is 11.3 Å². The van der Waals surface area contributed by atoms with E-state index in [0.29, 0.717) is 5.69 Å². The van der Waals surface area contributed by atoms with E-state index < -0.39 is 5.60 Å². The monoisotopic (exact) mass is 334 g/mol. The van der Waals surface area contributed by atoms with Crippen LogP contribution in [0.3, 0.4) is 0 Å². The molecule has 2 atom stereocenters. The SMILES string of the molecule is CO[C@@H](C)c1cccc(NC(=O)NC[C@@](C)(O)c2cccs2)c1. The average molecular weight is 334 g/mol. The summed E-state index contributed by atoms with van der Waals surface area (Å²) in [5.41, 5.74) is 0.577. The largest absolute Gasteiger partial charge is 0.383 e. The number of carbonyl (C=O) groups is 1. The summed E-state index contributed by atoms with van der Waals surface area (Å²) in [5, 5.41) is 17.7. The molecule has 0 radical (unpaired) electrons. The highest BCUT2D eigenvalue weighted by Gasteiger charge is 2.24. The third-order valence-electron chi connectivity index (χ3n) is 3.61. The van der Waals surface area contributed by atoms with Crippen molar-refractivity contribution in [2.24, 2.45) is 0 Å². The summed E-state index contributed by atoms with van der Waals surface area (Å²) in [6.07, 6.45) is -0.0422. The van der Waals surface area contributed by atoms with Crippen LogP contribution in [0.2, 0.25) is 0 Å². The first-order valence-electron chi connectivity index (χ1n) is 7.36. The molecule has 0 aliphatic carbocycles. The van der Waals surface area contributed by atoms with Gasteiger partial charge in [0.25, 0.3) is 0 Å². The molecule has 2 aromatic rings. The summed E-state index contributed by atoms with van der Waals surface area (Å²) in [6, 6.07) is 10.8. The zero-order chi connectivity index (χ0) is 16.9. The first kappa shape index (κ1) is 17.5. The quantitative estimate of drug-likeness (QED) is 0.757. The van der Waals surface area contributed by atoms with Crippen LogP contribution in [-0.2, 0) is 10.3 Å². The minimum Gasteiger partial charge on any atom is -0.383 e. The van der Waals surface area contributed by atoms with Crippen molar-refractivity contribution in [2.45, 2.75) is 25.6 Å². The molecule has 0 aliphatic rings. The van der Waals surface area contributed by atoms with Crippen molar-refractivity contribution in [3.05, 3.63) is 52.2 Å². The Labute approximate surface area is 140 Å². The van der Waals surface area contributed by atoms with Gasteiger partial charge in [0.1, 0.15) is 5.60 Å². The van der Waals surface area contributed by atoms with E-state index in [0.717, 1.165) is 10.4 Å². The van der Waals surface area contributed by atoms with E-state index >= 15 is 0 Å². The Balaban J connectivity index is 1.92. The highest BCUT2D eigenvalue weighted by Crippen LogP contribution is 2.24. The molecule has 6 heteroatoms. The molecule has 0 fully saturated rings. The number of carbonyl (C=O) groups excluding carboxylic acids is 1. The number of anilines is 1. The smallest absolute Gasteiger partial charge is 0.319 e. The molecule has 23 heavy (non-hydrogen) atoms. The van der Waals surface area contributed by atoms with E-state index in [-0.39, 0.29) is 18.7 Å². The summed E-state index contributed by atoms with van der Waals surface area (Å²) in [6.45, 7) is 3.75. The minimum atomic E-state index is -1.09. The van der Waals surface area contributed by atoms with E-state index in [2.05, 4.69) is 10.6 Å². The minimum absolute atomic E-state index is 0.0422. The van der Waals surface area contributed by atoms with E-state index in [1.54, 1.807) is 14.0 Å². The molecule has 1 aromatic carbocycles. The third kappa shape index (κ3) is 4.79. The van der Waals surface area contributed by atoms with Gasteiger partial charge in [-0.3, -0.25) is 0 Å². The first-order valence-corrected chi connectivity index (χ1v) is 8.24. The standard InChI is InChI=1S/C17H22N2O3S/c1-12(22-3)13-6-4-7-14(10-13)19-16(20)18-11-17(2,21)15-8-5-9-23-15/h4-10,12,21H,11H2,1-3H3,(H2,18,19,20)/t12-,17+/m0/s1. The molecule has 0 saturated heterocycles. The maximum absolute atomic E-state index is 12.0. The highest BCUT2D eigenvalue weighted by molar-refractivity contribution is 7.10. The van der Waals surface area contributed by atoms with Gasteiger partial charge in [-0.05, 0) is 43.0 Å². The van der Waals surface area contributed by atoms with Crippen molar-refractivity contribution in [3.8, 4) is 0 Å². The number of nitrogens with one attached hydrogen (secondary N) is 2. The van der Waals surface area contributed by atoms with Gasteiger partial charge in [0.15, 0.2) is 0 Å². The number of hydrogen-bond donors (Lipinski definition) is 3. The fraction of sp³-hybridized carbons (Fsp3) is 0.353. The number of hydrogen-bond acceptors (Lipinski definition) is 4. The van der Waals surface area contributed by atoms with Gasteiger partial charge < -0.3 is 20.5 Å². The van der Waals surface area contributed by atoms with Gasteiger partial charge in [0.2, 0.25) is 0 Å². The number of thiophene rings is 1. The Morgan fingerprint density at radius 1 is 1.39 bits per heavy atom. The summed E-state index contributed by atoms with van der Waals surface area (Å²) in [4.78, 5) is 12.8. The molecule has 0 unspecified atom stereocenters. The van der Waals surface area contributed by atoms with Crippen LogP contribution in [0.1, 0.15) is 30.4 Å². The summed E-state index contributed by atoms with van der Waals surface area (Å²) < 4.78 is 5.27. The molecule has 124 valence electrons. The third-order valence-corrected chi connectivity index (χ3v) is 4.74. The molecule has 0 bridgehead atoms. The van der Waals surface area contributed by atoms with Crippen molar-refractivity contribution >= 4 is 23.1 Å². The number of methoxy groups -OCH3 is 1. The van der Waals surface area contributed by atoms with Crippen LogP contribution in [-0.4, -0.2) is 24.8 Å². The Hall–Kier alpha value is -1.89. The maximum Gasteiger partial charge on any atom is 0.319 e. The van der Waals surface area contributed by atoms with Gasteiger partial charge in [-0.2, -0.15) is 0 Å². The number of aliphatic hydroxyl groups is 1. The predicted molar refractivity (Wildman–Crippen MR) is 92.8 cm³/mol. The molecule has 2 amide bonds. The lowest BCUT2D eigenvalue weighted by Gasteiger charge is -2.22. The Bertz CT molecular complexity index is 641. The molecular formula is C17H22N2O3S. The molecule has 1 aromatic heterocycles. The van der Waals surface area contributed by atoms with E-state index in [9.17, 15) is 9.90 Å². The second-order valence-electron chi connectivity index (χ2n) is 5.56. The second kappa shape index (κ2) is 7.59. The van der Waals surface area contributed by atoms with Crippen LogP contribution < -0.4 is 10.6 Å². The van der Waals surface area contributed by atoms with Gasteiger partial charge >= 0.3 is 6.03 Å². The fourth-order valence-corrected chi connectivity index (χ4v) is 2.89. The molecule has 0 aliphatic heterocycles. The Morgan fingerprint density at radius 2 is 2.17 bits per heavy atom. The van der Waals surface area contributed by atoms with Crippen molar-refractivity contribution < 1.29 is 14.6 Å². The van der Waals surface area contributed by atoms with Gasteiger partial charge in [0.05, 0.1) is 12.6 Å². The van der Waals surface area contributed by atoms with Crippen LogP contribution in [0.25, 0.3) is 0 Å². The van der Waals surface area contributed by atoms with Crippen molar-refractivity contribution in [2.75, 3.05) is 19.0 Å². The van der Waals surface area contributed by atoms with Crippen LogP contribution in [0.5, 0.6) is 0 Å². The van der Waals surface area contributed by atoms with Crippen LogP contribution >= 0.6 is 11.3 Å². The van der Waals surface area contributed by atoms with Crippen LogP contribution in [0, 0.1) is 0 Å². The Morgan fingerprint density at radius 3 is 2.83 bits per heavy atom. The zero-order valence-electron chi connectivity index (χ0n) is 13.5. The number of rotatable bonds is 6. The fourth-order valence-electron chi connectivity index (χ4n) is 2.11. The normalized spacial score (nSPS) is 14.8. The Kier molecular flexibility index (Phi) is 5.76. The van der Waals surface area contributed by atoms with Gasteiger partial charge in [0, 0.05) is 17.7 Å². The average Bonchev–Trinajstić information content (AvgIpc) is 3.08. The summed E-state index contributed by atoms with van der Waals surface area (Å²) >= 11 is 1.46. The number of ether oxygens (including phenoxy) is 1. The number of amides is 2. The lowest BCUT2D eigenvalue weighted by molar-refractivity contribution is 0.0637. The molecule has 2 rings (SSSR count). The van der Waals surface area contributed by atoms with Crippen LogP contribution in [0.4, 0.5) is 10.5 Å². The lowest BCUT2D eigenvalue weighted by Crippen LogP contribution is -2.40. The second-order valence-corrected chi connectivity index (χ2v) is 6.51. The molecule has 5 nitrogen and oxygen atoms in total. The van der Waals surface area contributed by atoms with Crippen molar-refractivity contribution in [1.29, 1.82) is 0 Å². The molecule has 0 spiro atoms. The maximum atomic E-state index is 12.0. The predicted octanol–water partition coefficient (Wildman–Crippen LogP) is 3.48.